The van der Waals surface area contributed by atoms with E-state index in [1.807, 2.05) is 6.20 Å². The van der Waals surface area contributed by atoms with Crippen LogP contribution in [0.25, 0.3) is 10.9 Å². The van der Waals surface area contributed by atoms with Crippen LogP contribution >= 0.6 is 0 Å². The fraction of sp³-hybridized carbons (Fsp3) is 0.222. The number of aromatic amines is 1. The van der Waals surface area contributed by atoms with E-state index in [1.54, 1.807) is 0 Å². The van der Waals surface area contributed by atoms with Crippen LogP contribution in [0.4, 0.5) is 5.69 Å². The molecule has 0 amide bonds. The summed E-state index contributed by atoms with van der Waals surface area (Å²) >= 11 is 0. The molecule has 0 saturated heterocycles. The van der Waals surface area contributed by atoms with E-state index in [0.29, 0.717) is 0 Å². The maximum absolute atomic E-state index is 4.02. The molecule has 0 bridgehead atoms. The Morgan fingerprint density at radius 2 is 2.31 bits per heavy atom. The van der Waals surface area contributed by atoms with Crippen molar-refractivity contribution in [2.24, 2.45) is 0 Å². The predicted octanol–water partition coefficient (Wildman–Crippen LogP) is 1.04. The second-order valence-electron chi connectivity index (χ2n) is 3.21. The number of hydrogen-bond acceptors (Lipinski definition) is 3. The minimum Gasteiger partial charge on any atom is -0.372 e. The third-order valence-corrected chi connectivity index (χ3v) is 2.42. The van der Waals surface area contributed by atoms with Crippen molar-refractivity contribution in [1.29, 1.82) is 0 Å². The van der Waals surface area contributed by atoms with Crippen molar-refractivity contribution in [3.63, 3.8) is 0 Å². The maximum atomic E-state index is 4.02. The number of fused-ring (bicyclic) bond motifs is 3. The third-order valence-electron chi connectivity index (χ3n) is 2.42. The van der Waals surface area contributed by atoms with Gasteiger partial charge in [-0.05, 0) is 11.6 Å². The molecule has 1 aliphatic rings. The van der Waals surface area contributed by atoms with E-state index in [4.69, 9.17) is 0 Å². The Bertz CT molecular complexity index is 446. The highest BCUT2D eigenvalue weighted by molar-refractivity contribution is 5.93. The molecule has 2 aromatic rings. The first kappa shape index (κ1) is 6.91. The van der Waals surface area contributed by atoms with Gasteiger partial charge in [-0.15, -0.1) is 0 Å². The molecule has 1 aromatic carbocycles. The number of H-pyrrole nitrogens is 1. The van der Waals surface area contributed by atoms with Crippen molar-refractivity contribution < 1.29 is 0 Å². The standard InChI is InChI=1S/C9H10N4/c1-2-8-7(4-12-13-8)9-6(1)3-10-5-11-9/h1-2,4,10-11H,3,5H2,(H,12,13). The van der Waals surface area contributed by atoms with Crippen LogP contribution in [0.1, 0.15) is 5.56 Å². The lowest BCUT2D eigenvalue weighted by Gasteiger charge is -2.19. The number of nitrogens with one attached hydrogen (secondary N) is 3. The number of anilines is 1. The van der Waals surface area contributed by atoms with E-state index in [0.717, 1.165) is 18.7 Å². The maximum Gasteiger partial charge on any atom is 0.0671 e. The molecule has 4 heteroatoms. The van der Waals surface area contributed by atoms with E-state index >= 15 is 0 Å². The second kappa shape index (κ2) is 2.47. The number of nitrogens with zero attached hydrogens (tertiary/aromatic N) is 1. The Kier molecular flexibility index (Phi) is 1.31. The summed E-state index contributed by atoms with van der Waals surface area (Å²) in [6.45, 7) is 1.76. The minimum absolute atomic E-state index is 0.831. The predicted molar refractivity (Wildman–Crippen MR) is 51.4 cm³/mol. The van der Waals surface area contributed by atoms with Gasteiger partial charge >= 0.3 is 0 Å². The monoisotopic (exact) mass is 174 g/mol. The van der Waals surface area contributed by atoms with Crippen molar-refractivity contribution in [2.45, 2.75) is 6.54 Å². The number of benzene rings is 1. The van der Waals surface area contributed by atoms with E-state index < -0.39 is 0 Å². The van der Waals surface area contributed by atoms with Crippen LogP contribution in [0.15, 0.2) is 18.3 Å². The number of rotatable bonds is 0. The topological polar surface area (TPSA) is 52.7 Å². The zero-order valence-corrected chi connectivity index (χ0v) is 7.09. The van der Waals surface area contributed by atoms with Crippen molar-refractivity contribution >= 4 is 16.6 Å². The number of hydrogen-bond donors (Lipinski definition) is 3. The molecule has 1 aromatic heterocycles. The Morgan fingerprint density at radius 3 is 3.31 bits per heavy atom. The molecule has 0 radical (unpaired) electrons. The fourth-order valence-corrected chi connectivity index (χ4v) is 1.77. The lowest BCUT2D eigenvalue weighted by Crippen LogP contribution is -2.27. The summed E-state index contributed by atoms with van der Waals surface area (Å²) in [5.41, 5.74) is 3.61. The van der Waals surface area contributed by atoms with Gasteiger partial charge in [-0.2, -0.15) is 5.10 Å². The fourth-order valence-electron chi connectivity index (χ4n) is 1.77. The van der Waals surface area contributed by atoms with Crippen LogP contribution in [-0.2, 0) is 6.54 Å². The summed E-state index contributed by atoms with van der Waals surface area (Å²) in [7, 11) is 0. The van der Waals surface area contributed by atoms with Crippen molar-refractivity contribution in [3.8, 4) is 0 Å². The molecule has 1 aliphatic heterocycles. The first-order valence-corrected chi connectivity index (χ1v) is 4.35. The van der Waals surface area contributed by atoms with Gasteiger partial charge in [-0.25, -0.2) is 0 Å². The lowest BCUT2D eigenvalue weighted by molar-refractivity contribution is 0.711. The van der Waals surface area contributed by atoms with Gasteiger partial charge in [0.1, 0.15) is 0 Å². The Hall–Kier alpha value is -1.55. The van der Waals surface area contributed by atoms with Crippen LogP contribution < -0.4 is 10.6 Å². The third kappa shape index (κ3) is 0.922. The molecule has 3 N–H and O–H groups in total. The van der Waals surface area contributed by atoms with Gasteiger partial charge < -0.3 is 5.32 Å². The highest BCUT2D eigenvalue weighted by Gasteiger charge is 2.11. The number of aromatic nitrogens is 2. The van der Waals surface area contributed by atoms with E-state index in [-0.39, 0.29) is 0 Å². The highest BCUT2D eigenvalue weighted by Crippen LogP contribution is 2.27. The average Bonchev–Trinajstić information content (AvgIpc) is 2.65. The highest BCUT2D eigenvalue weighted by atomic mass is 15.1. The Labute approximate surface area is 75.3 Å². The van der Waals surface area contributed by atoms with Gasteiger partial charge in [0.15, 0.2) is 0 Å². The molecule has 0 spiro atoms. The zero-order chi connectivity index (χ0) is 8.67. The van der Waals surface area contributed by atoms with Gasteiger partial charge in [-0.3, -0.25) is 10.4 Å². The molecular formula is C9H10N4. The van der Waals surface area contributed by atoms with Crippen LogP contribution in [0.2, 0.25) is 0 Å². The first-order valence-electron chi connectivity index (χ1n) is 4.35. The zero-order valence-electron chi connectivity index (χ0n) is 7.09. The summed E-state index contributed by atoms with van der Waals surface area (Å²) in [6, 6.07) is 4.19. The normalized spacial score (nSPS) is 15.4. The lowest BCUT2D eigenvalue weighted by atomic mass is 10.1. The van der Waals surface area contributed by atoms with Crippen molar-refractivity contribution in [1.82, 2.24) is 15.5 Å². The van der Waals surface area contributed by atoms with E-state index in [9.17, 15) is 0 Å². The Morgan fingerprint density at radius 1 is 1.31 bits per heavy atom. The summed E-state index contributed by atoms with van der Waals surface area (Å²) in [5.74, 6) is 0. The van der Waals surface area contributed by atoms with Crippen molar-refractivity contribution in [3.05, 3.63) is 23.9 Å². The molecule has 4 nitrogen and oxygen atoms in total. The molecule has 3 rings (SSSR count). The van der Waals surface area contributed by atoms with Gasteiger partial charge in [0.2, 0.25) is 0 Å². The second-order valence-corrected chi connectivity index (χ2v) is 3.21. The first-order chi connectivity index (χ1) is 6.45. The van der Waals surface area contributed by atoms with Crippen molar-refractivity contribution in [2.75, 3.05) is 12.0 Å². The molecule has 0 aliphatic carbocycles. The van der Waals surface area contributed by atoms with Gasteiger partial charge in [0.05, 0.1) is 24.1 Å². The van der Waals surface area contributed by atoms with Gasteiger partial charge in [0.25, 0.3) is 0 Å². The van der Waals surface area contributed by atoms with E-state index in [2.05, 4.69) is 33.0 Å². The SMILES string of the molecule is c1cc2[nH]ncc2c2c1CNCN2. The summed E-state index contributed by atoms with van der Waals surface area (Å²) in [6.07, 6.45) is 1.87. The summed E-state index contributed by atoms with van der Waals surface area (Å²) in [5, 5.41) is 14.7. The largest absolute Gasteiger partial charge is 0.372 e. The van der Waals surface area contributed by atoms with Crippen LogP contribution in [0, 0.1) is 0 Å². The summed E-state index contributed by atoms with van der Waals surface area (Å²) in [4.78, 5) is 0. The van der Waals surface area contributed by atoms with Gasteiger partial charge in [-0.1, -0.05) is 6.07 Å². The molecule has 66 valence electrons. The smallest absolute Gasteiger partial charge is 0.0671 e. The molecule has 0 saturated carbocycles. The summed E-state index contributed by atoms with van der Waals surface area (Å²) < 4.78 is 0. The van der Waals surface area contributed by atoms with Gasteiger partial charge in [0, 0.05) is 11.9 Å². The molecule has 13 heavy (non-hydrogen) atoms. The molecule has 0 unspecified atom stereocenters. The van der Waals surface area contributed by atoms with Crippen LogP contribution in [0.5, 0.6) is 0 Å². The molecular weight excluding hydrogens is 164 g/mol. The Balaban J connectivity index is 2.34. The molecule has 2 heterocycles. The average molecular weight is 174 g/mol. The van der Waals surface area contributed by atoms with Crippen LogP contribution in [0.3, 0.4) is 0 Å². The molecule has 0 fully saturated rings. The van der Waals surface area contributed by atoms with Crippen LogP contribution in [-0.4, -0.2) is 16.9 Å². The van der Waals surface area contributed by atoms with E-state index in [1.165, 1.54) is 16.6 Å². The quantitative estimate of drug-likeness (QED) is 0.559. The molecule has 0 atom stereocenters. The minimum atomic E-state index is 0.831.